The van der Waals surface area contributed by atoms with Gasteiger partial charge in [0.25, 0.3) is 0 Å². The van der Waals surface area contributed by atoms with E-state index in [1.165, 1.54) is 0 Å². The van der Waals surface area contributed by atoms with Crippen LogP contribution in [0.4, 0.5) is 0 Å². The average Bonchev–Trinajstić information content (AvgIpc) is 2.53. The van der Waals surface area contributed by atoms with Gasteiger partial charge in [-0.25, -0.2) is 0 Å². The van der Waals surface area contributed by atoms with Gasteiger partial charge in [0, 0.05) is 0 Å². The van der Waals surface area contributed by atoms with Crippen molar-refractivity contribution in [2.75, 3.05) is 6.61 Å². The summed E-state index contributed by atoms with van der Waals surface area (Å²) in [7, 11) is 0. The van der Waals surface area contributed by atoms with Gasteiger partial charge in [-0.2, -0.15) is 0 Å². The second-order valence-corrected chi connectivity index (χ2v) is 6.77. The van der Waals surface area contributed by atoms with Crippen LogP contribution in [0.25, 0.3) is 0 Å². The molecule has 1 N–H and O–H groups in total. The lowest BCUT2D eigenvalue weighted by molar-refractivity contribution is -0.138. The molecular formula is C21H26O3. The maximum absolute atomic E-state index is 11.9. The van der Waals surface area contributed by atoms with Crippen molar-refractivity contribution in [1.29, 1.82) is 0 Å². The summed E-state index contributed by atoms with van der Waals surface area (Å²) in [6.07, 6.45) is 0.424. The number of carbonyl (C=O) groups is 1. The molecule has 2 aromatic carbocycles. The highest BCUT2D eigenvalue weighted by molar-refractivity contribution is 5.77. The number of benzene rings is 2. The zero-order valence-electron chi connectivity index (χ0n) is 14.9. The molecule has 0 fully saturated rings. The Morgan fingerprint density at radius 3 is 2.50 bits per heavy atom. The maximum Gasteiger partial charge on any atom is 0.311 e. The van der Waals surface area contributed by atoms with Crippen LogP contribution in [0.1, 0.15) is 42.0 Å². The van der Waals surface area contributed by atoms with Crippen LogP contribution in [0.5, 0.6) is 5.75 Å². The fraction of sp³-hybridized carbons (Fsp3) is 0.381. The number of hydrogen-bond acceptors (Lipinski definition) is 2. The lowest BCUT2D eigenvalue weighted by Crippen LogP contribution is -2.17. The topological polar surface area (TPSA) is 46.5 Å². The van der Waals surface area contributed by atoms with Gasteiger partial charge in [0.05, 0.1) is 12.5 Å². The molecule has 128 valence electrons. The number of carboxylic acids is 1. The van der Waals surface area contributed by atoms with Gasteiger partial charge in [0.15, 0.2) is 0 Å². The van der Waals surface area contributed by atoms with Gasteiger partial charge in [-0.15, -0.1) is 0 Å². The van der Waals surface area contributed by atoms with Crippen molar-refractivity contribution in [3.05, 3.63) is 64.7 Å². The second kappa shape index (κ2) is 8.00. The molecule has 0 saturated carbocycles. The Morgan fingerprint density at radius 1 is 1.12 bits per heavy atom. The maximum atomic E-state index is 11.9. The predicted molar refractivity (Wildman–Crippen MR) is 96.8 cm³/mol. The number of hydrogen-bond donors (Lipinski definition) is 1. The average molecular weight is 326 g/mol. The van der Waals surface area contributed by atoms with E-state index < -0.39 is 11.9 Å². The minimum absolute atomic E-state index is 0.423. The van der Waals surface area contributed by atoms with Gasteiger partial charge in [0.2, 0.25) is 0 Å². The molecule has 0 aromatic heterocycles. The molecule has 2 rings (SSSR count). The van der Waals surface area contributed by atoms with E-state index in [-0.39, 0.29) is 0 Å². The number of ether oxygens (including phenoxy) is 1. The van der Waals surface area contributed by atoms with Crippen molar-refractivity contribution in [3.63, 3.8) is 0 Å². The summed E-state index contributed by atoms with van der Waals surface area (Å²) in [4.78, 5) is 11.9. The highest BCUT2D eigenvalue weighted by atomic mass is 16.5. The molecule has 0 saturated heterocycles. The first-order valence-corrected chi connectivity index (χ1v) is 8.39. The van der Waals surface area contributed by atoms with E-state index in [0.717, 1.165) is 28.0 Å². The van der Waals surface area contributed by atoms with Gasteiger partial charge in [-0.05, 0) is 48.9 Å². The molecule has 0 aliphatic heterocycles. The molecule has 0 radical (unpaired) electrons. The van der Waals surface area contributed by atoms with E-state index in [2.05, 4.69) is 13.8 Å². The van der Waals surface area contributed by atoms with Crippen LogP contribution in [-0.2, 0) is 11.2 Å². The first-order chi connectivity index (χ1) is 11.4. The van der Waals surface area contributed by atoms with E-state index in [4.69, 9.17) is 4.74 Å². The predicted octanol–water partition coefficient (Wildman–Crippen LogP) is 4.75. The Kier molecular flexibility index (Phi) is 6.02. The van der Waals surface area contributed by atoms with Crippen LogP contribution in [0, 0.1) is 19.8 Å². The monoisotopic (exact) mass is 326 g/mol. The van der Waals surface area contributed by atoms with Crippen molar-refractivity contribution in [1.82, 2.24) is 0 Å². The second-order valence-electron chi connectivity index (χ2n) is 6.77. The largest absolute Gasteiger partial charge is 0.493 e. The summed E-state index contributed by atoms with van der Waals surface area (Å²) in [5, 5.41) is 9.77. The van der Waals surface area contributed by atoms with Crippen molar-refractivity contribution in [2.24, 2.45) is 5.92 Å². The summed E-state index contributed by atoms with van der Waals surface area (Å²) in [6, 6.07) is 13.7. The van der Waals surface area contributed by atoms with Crippen LogP contribution >= 0.6 is 0 Å². The fourth-order valence-corrected chi connectivity index (χ4v) is 2.76. The number of aryl methyl sites for hydroxylation is 2. The third-order valence-corrected chi connectivity index (χ3v) is 4.08. The molecule has 1 atom stereocenters. The zero-order chi connectivity index (χ0) is 17.7. The molecular weight excluding hydrogens is 300 g/mol. The van der Waals surface area contributed by atoms with E-state index in [1.807, 2.05) is 56.3 Å². The number of aliphatic carboxylic acids is 1. The zero-order valence-corrected chi connectivity index (χ0v) is 14.9. The minimum Gasteiger partial charge on any atom is -0.493 e. The van der Waals surface area contributed by atoms with Crippen LogP contribution in [0.2, 0.25) is 0 Å². The molecule has 0 heterocycles. The Morgan fingerprint density at radius 2 is 1.83 bits per heavy atom. The Bertz CT molecular complexity index is 704. The smallest absolute Gasteiger partial charge is 0.311 e. The molecule has 2 aromatic rings. The Balaban J connectivity index is 2.32. The van der Waals surface area contributed by atoms with Crippen molar-refractivity contribution in [3.8, 4) is 5.75 Å². The number of rotatable bonds is 7. The fourth-order valence-electron chi connectivity index (χ4n) is 2.76. The number of carboxylic acid groups (broad SMARTS) is 1. The normalized spacial score (nSPS) is 12.2. The summed E-state index contributed by atoms with van der Waals surface area (Å²) in [5.41, 5.74) is 3.90. The van der Waals surface area contributed by atoms with E-state index in [9.17, 15) is 9.90 Å². The molecule has 0 spiro atoms. The molecule has 0 aliphatic rings. The summed E-state index contributed by atoms with van der Waals surface area (Å²) < 4.78 is 5.88. The first kappa shape index (κ1) is 18.1. The molecule has 0 bridgehead atoms. The summed E-state index contributed by atoms with van der Waals surface area (Å²) in [5.74, 6) is -0.175. The quantitative estimate of drug-likeness (QED) is 0.798. The molecule has 3 nitrogen and oxygen atoms in total. The van der Waals surface area contributed by atoms with Crippen molar-refractivity contribution in [2.45, 2.75) is 40.0 Å². The molecule has 24 heavy (non-hydrogen) atoms. The van der Waals surface area contributed by atoms with Gasteiger partial charge in [0.1, 0.15) is 5.75 Å². The molecule has 0 amide bonds. The van der Waals surface area contributed by atoms with Gasteiger partial charge in [-0.1, -0.05) is 55.8 Å². The highest BCUT2D eigenvalue weighted by Crippen LogP contribution is 2.29. The third-order valence-electron chi connectivity index (χ3n) is 4.08. The number of para-hydroxylation sites is 1. The lowest BCUT2D eigenvalue weighted by Gasteiger charge is -2.19. The molecule has 0 aliphatic carbocycles. The molecule has 1 unspecified atom stereocenters. The van der Waals surface area contributed by atoms with Crippen LogP contribution < -0.4 is 4.74 Å². The van der Waals surface area contributed by atoms with E-state index >= 15 is 0 Å². The van der Waals surface area contributed by atoms with Gasteiger partial charge in [-0.3, -0.25) is 4.79 Å². The van der Waals surface area contributed by atoms with E-state index in [0.29, 0.717) is 18.9 Å². The lowest BCUT2D eigenvalue weighted by atomic mass is 9.88. The standard InChI is InChI=1S/C21H26O3/c1-14(2)13-24-20-8-6-5-7-17(20)12-19(21(22)23)18-11-15(3)9-10-16(18)4/h5-11,14,19H,12-13H2,1-4H3,(H,22,23). The SMILES string of the molecule is Cc1ccc(C)c(C(Cc2ccccc2OCC(C)C)C(=O)O)c1. The van der Waals surface area contributed by atoms with Crippen LogP contribution in [0.15, 0.2) is 42.5 Å². The van der Waals surface area contributed by atoms with E-state index in [1.54, 1.807) is 0 Å². The van der Waals surface area contributed by atoms with Crippen LogP contribution in [0.3, 0.4) is 0 Å². The minimum atomic E-state index is -0.803. The summed E-state index contributed by atoms with van der Waals surface area (Å²) >= 11 is 0. The first-order valence-electron chi connectivity index (χ1n) is 8.39. The van der Waals surface area contributed by atoms with Crippen molar-refractivity contribution >= 4 is 5.97 Å². The van der Waals surface area contributed by atoms with Crippen LogP contribution in [-0.4, -0.2) is 17.7 Å². The third kappa shape index (κ3) is 4.60. The highest BCUT2D eigenvalue weighted by Gasteiger charge is 2.23. The molecule has 3 heteroatoms. The Labute approximate surface area is 144 Å². The Hall–Kier alpha value is -2.29. The van der Waals surface area contributed by atoms with Gasteiger partial charge < -0.3 is 9.84 Å². The van der Waals surface area contributed by atoms with Gasteiger partial charge >= 0.3 is 5.97 Å². The summed E-state index contributed by atoms with van der Waals surface area (Å²) in [6.45, 7) is 8.77. The van der Waals surface area contributed by atoms with Crippen molar-refractivity contribution < 1.29 is 14.6 Å².